The number of pyridine rings is 1. The lowest BCUT2D eigenvalue weighted by molar-refractivity contribution is 0.0518. The van der Waals surface area contributed by atoms with Crippen molar-refractivity contribution in [1.29, 1.82) is 0 Å². The van der Waals surface area contributed by atoms with Gasteiger partial charge in [0.2, 0.25) is 0 Å². The Kier molecular flexibility index (Phi) is 5.40. The van der Waals surface area contributed by atoms with Crippen molar-refractivity contribution in [3.8, 4) is 11.4 Å². The molecule has 0 saturated heterocycles. The molecule has 29 heavy (non-hydrogen) atoms. The van der Waals surface area contributed by atoms with Gasteiger partial charge in [-0.1, -0.05) is 32.4 Å². The van der Waals surface area contributed by atoms with Crippen LogP contribution < -0.4 is 0 Å². The third-order valence-corrected chi connectivity index (χ3v) is 5.60. The Hall–Kier alpha value is -3.06. The zero-order valence-corrected chi connectivity index (χ0v) is 16.7. The first-order valence-corrected chi connectivity index (χ1v) is 9.98. The first-order chi connectivity index (χ1) is 14.1. The van der Waals surface area contributed by atoms with Crippen molar-refractivity contribution in [2.75, 3.05) is 6.54 Å². The van der Waals surface area contributed by atoms with Crippen molar-refractivity contribution in [2.24, 2.45) is 5.92 Å². The lowest BCUT2D eigenvalue weighted by Crippen LogP contribution is -2.45. The van der Waals surface area contributed by atoms with Crippen LogP contribution in [0, 0.1) is 5.92 Å². The van der Waals surface area contributed by atoms with Gasteiger partial charge in [-0.15, -0.1) is 0 Å². The van der Waals surface area contributed by atoms with E-state index >= 15 is 0 Å². The molecule has 7 heteroatoms. The highest BCUT2D eigenvalue weighted by Crippen LogP contribution is 2.34. The molecular weight excluding hydrogens is 366 g/mol. The van der Waals surface area contributed by atoms with Gasteiger partial charge in [0, 0.05) is 30.1 Å². The topological polar surface area (TPSA) is 84.1 Å². The number of aliphatic hydroxyl groups excluding tert-OH is 1. The van der Waals surface area contributed by atoms with E-state index in [4.69, 9.17) is 4.98 Å². The summed E-state index contributed by atoms with van der Waals surface area (Å²) in [4.78, 5) is 24.2. The molecule has 0 bridgehead atoms. The molecule has 1 amide bonds. The highest BCUT2D eigenvalue weighted by molar-refractivity contribution is 5.94. The van der Waals surface area contributed by atoms with E-state index in [2.05, 4.69) is 23.9 Å². The van der Waals surface area contributed by atoms with Gasteiger partial charge in [-0.05, 0) is 35.7 Å². The van der Waals surface area contributed by atoms with Crippen LogP contribution in [0.3, 0.4) is 0 Å². The number of hydrogen-bond donors (Lipinski definition) is 1. The minimum Gasteiger partial charge on any atom is -0.392 e. The molecule has 150 valence electrons. The number of fused-ring (bicyclic) bond motifs is 1. The molecule has 4 rings (SSSR count). The van der Waals surface area contributed by atoms with E-state index in [0.717, 1.165) is 23.4 Å². The number of carbonyl (C=O) groups is 1. The van der Waals surface area contributed by atoms with Crippen molar-refractivity contribution in [3.63, 3.8) is 0 Å². The van der Waals surface area contributed by atoms with Crippen molar-refractivity contribution in [1.82, 2.24) is 24.6 Å². The molecule has 7 nitrogen and oxygen atoms in total. The zero-order valence-electron chi connectivity index (χ0n) is 16.7. The van der Waals surface area contributed by atoms with Gasteiger partial charge in [-0.25, -0.2) is 9.67 Å². The highest BCUT2D eigenvalue weighted by atomic mass is 16.3. The molecule has 1 aromatic carbocycles. The quantitative estimate of drug-likeness (QED) is 0.723. The number of benzene rings is 1. The van der Waals surface area contributed by atoms with Crippen molar-refractivity contribution >= 4 is 5.91 Å². The highest BCUT2D eigenvalue weighted by Gasteiger charge is 2.37. The molecule has 0 aliphatic carbocycles. The van der Waals surface area contributed by atoms with Crippen LogP contribution in [0.15, 0.2) is 48.8 Å². The van der Waals surface area contributed by atoms with Crippen LogP contribution in [0.5, 0.6) is 0 Å². The number of aliphatic hydroxyl groups is 1. The van der Waals surface area contributed by atoms with Gasteiger partial charge >= 0.3 is 0 Å². The molecule has 0 fully saturated rings. The van der Waals surface area contributed by atoms with Crippen molar-refractivity contribution in [3.05, 3.63) is 65.7 Å². The smallest absolute Gasteiger partial charge is 0.254 e. The fraction of sp³-hybridized carbons (Fsp3) is 0.364. The van der Waals surface area contributed by atoms with Crippen LogP contribution in [0.2, 0.25) is 0 Å². The van der Waals surface area contributed by atoms with Gasteiger partial charge in [-0.3, -0.25) is 9.78 Å². The van der Waals surface area contributed by atoms with Gasteiger partial charge in [0.1, 0.15) is 0 Å². The summed E-state index contributed by atoms with van der Waals surface area (Å²) < 4.78 is 1.93. The van der Waals surface area contributed by atoms with Crippen LogP contribution in [-0.4, -0.2) is 42.2 Å². The summed E-state index contributed by atoms with van der Waals surface area (Å²) >= 11 is 0. The Bertz CT molecular complexity index is 984. The number of carbonyl (C=O) groups excluding carboxylic acids is 1. The minimum atomic E-state index is -0.142. The molecule has 3 heterocycles. The first kappa shape index (κ1) is 19.3. The maximum atomic E-state index is 13.3. The molecule has 3 aromatic rings. The van der Waals surface area contributed by atoms with Gasteiger partial charge in [0.05, 0.1) is 19.2 Å². The van der Waals surface area contributed by atoms with E-state index < -0.39 is 0 Å². The number of aromatic nitrogens is 4. The van der Waals surface area contributed by atoms with Crippen molar-refractivity contribution < 1.29 is 9.90 Å². The maximum Gasteiger partial charge on any atom is 0.254 e. The average Bonchev–Trinajstić information content (AvgIpc) is 3.22. The zero-order chi connectivity index (χ0) is 20.4. The molecule has 0 unspecified atom stereocenters. The summed E-state index contributed by atoms with van der Waals surface area (Å²) in [7, 11) is 0. The summed E-state index contributed by atoms with van der Waals surface area (Å²) in [6.07, 6.45) is 4.40. The Labute approximate surface area is 170 Å². The fourth-order valence-electron chi connectivity index (χ4n) is 3.77. The molecule has 1 aliphatic rings. The molecular formula is C22H25N5O2. The van der Waals surface area contributed by atoms with Crippen LogP contribution in [-0.2, 0) is 13.2 Å². The van der Waals surface area contributed by atoms with E-state index in [-0.39, 0.29) is 24.5 Å². The number of rotatable bonds is 5. The molecule has 1 aliphatic heterocycles. The van der Waals surface area contributed by atoms with E-state index in [1.54, 1.807) is 36.7 Å². The normalized spacial score (nSPS) is 17.1. The maximum absolute atomic E-state index is 13.3. The minimum absolute atomic E-state index is 0.0167. The van der Waals surface area contributed by atoms with Crippen LogP contribution in [0.4, 0.5) is 0 Å². The summed E-state index contributed by atoms with van der Waals surface area (Å²) in [5.41, 5.74) is 2.28. The van der Waals surface area contributed by atoms with E-state index in [1.165, 1.54) is 0 Å². The SMILES string of the molecule is CC[C@H](C)[C@H]1c2nc(-c3cccnc3)nn2CCN1C(=O)c1ccc(CO)cc1. The lowest BCUT2D eigenvalue weighted by Gasteiger charge is -2.38. The van der Waals surface area contributed by atoms with Gasteiger partial charge in [0.15, 0.2) is 11.6 Å². The van der Waals surface area contributed by atoms with Crippen molar-refractivity contribution in [2.45, 2.75) is 39.5 Å². The Morgan fingerprint density at radius 3 is 2.69 bits per heavy atom. The Balaban J connectivity index is 1.69. The standard InChI is InChI=1S/C22H25N5O2/c1-3-15(2)19-21-24-20(18-5-4-10-23-13-18)25-27(21)12-11-26(19)22(29)17-8-6-16(14-28)7-9-17/h4-10,13,15,19,28H,3,11-12,14H2,1-2H3/t15-,19-/m0/s1. The predicted octanol–water partition coefficient (Wildman–Crippen LogP) is 3.08. The largest absolute Gasteiger partial charge is 0.392 e. The van der Waals surface area contributed by atoms with E-state index in [0.29, 0.717) is 24.5 Å². The third kappa shape index (κ3) is 3.65. The molecule has 1 N–H and O–H groups in total. The average molecular weight is 391 g/mol. The van der Waals surface area contributed by atoms with E-state index in [9.17, 15) is 9.90 Å². The fourth-order valence-corrected chi connectivity index (χ4v) is 3.77. The Morgan fingerprint density at radius 1 is 1.24 bits per heavy atom. The Morgan fingerprint density at radius 2 is 2.03 bits per heavy atom. The molecule has 2 atom stereocenters. The second kappa shape index (κ2) is 8.13. The summed E-state index contributed by atoms with van der Waals surface area (Å²) in [6.45, 7) is 5.43. The molecule has 0 spiro atoms. The second-order valence-electron chi connectivity index (χ2n) is 7.44. The number of nitrogens with zero attached hydrogens (tertiary/aromatic N) is 5. The summed E-state index contributed by atoms with van der Waals surface area (Å²) in [6, 6.07) is 10.8. The summed E-state index contributed by atoms with van der Waals surface area (Å²) in [5.74, 6) is 1.69. The monoisotopic (exact) mass is 391 g/mol. The van der Waals surface area contributed by atoms with Gasteiger partial charge in [-0.2, -0.15) is 5.10 Å². The van der Waals surface area contributed by atoms with Crippen LogP contribution in [0.1, 0.15) is 48.1 Å². The molecule has 0 radical (unpaired) electrons. The molecule has 0 saturated carbocycles. The summed E-state index contributed by atoms with van der Waals surface area (Å²) in [5, 5.41) is 13.9. The van der Waals surface area contributed by atoms with E-state index in [1.807, 2.05) is 21.7 Å². The predicted molar refractivity (Wildman–Crippen MR) is 109 cm³/mol. The van der Waals surface area contributed by atoms with Crippen LogP contribution in [0.25, 0.3) is 11.4 Å². The van der Waals surface area contributed by atoms with Gasteiger partial charge < -0.3 is 10.0 Å². The third-order valence-electron chi connectivity index (χ3n) is 5.60. The lowest BCUT2D eigenvalue weighted by atomic mass is 9.94. The van der Waals surface area contributed by atoms with Crippen LogP contribution >= 0.6 is 0 Å². The van der Waals surface area contributed by atoms with Gasteiger partial charge in [0.25, 0.3) is 5.91 Å². The first-order valence-electron chi connectivity index (χ1n) is 9.98. The molecule has 2 aromatic heterocycles. The second-order valence-corrected chi connectivity index (χ2v) is 7.44. The number of amides is 1. The number of hydrogen-bond acceptors (Lipinski definition) is 5.